The van der Waals surface area contributed by atoms with Gasteiger partial charge >= 0.3 is 0 Å². The SMILES string of the molecule is Cc1nn(C(C)C)c(C)c1NCc1ccc(Cl)cc1. The Bertz CT molecular complexity index is 556. The lowest BCUT2D eigenvalue weighted by atomic mass is 10.2. The standard InChI is InChI=1S/C15H20ClN3/c1-10(2)19-12(4)15(11(3)18-19)17-9-13-5-7-14(16)8-6-13/h5-8,10,17H,9H2,1-4H3. The minimum atomic E-state index is 0.379. The van der Waals surface area contributed by atoms with Gasteiger partial charge in [0.1, 0.15) is 0 Å². The highest BCUT2D eigenvalue weighted by atomic mass is 35.5. The van der Waals surface area contributed by atoms with Crippen LogP contribution in [-0.2, 0) is 6.54 Å². The summed E-state index contributed by atoms with van der Waals surface area (Å²) in [6.45, 7) is 9.20. The number of rotatable bonds is 4. The van der Waals surface area contributed by atoms with Crippen molar-refractivity contribution in [2.75, 3.05) is 5.32 Å². The fourth-order valence-electron chi connectivity index (χ4n) is 2.21. The lowest BCUT2D eigenvalue weighted by molar-refractivity contribution is 0.516. The van der Waals surface area contributed by atoms with Crippen molar-refractivity contribution in [1.29, 1.82) is 0 Å². The molecule has 0 saturated heterocycles. The highest BCUT2D eigenvalue weighted by Crippen LogP contribution is 2.23. The van der Waals surface area contributed by atoms with Crippen molar-refractivity contribution in [3.63, 3.8) is 0 Å². The van der Waals surface area contributed by atoms with Crippen LogP contribution in [-0.4, -0.2) is 9.78 Å². The van der Waals surface area contributed by atoms with Crippen LogP contribution in [0.3, 0.4) is 0 Å². The van der Waals surface area contributed by atoms with Crippen molar-refractivity contribution >= 4 is 17.3 Å². The van der Waals surface area contributed by atoms with Gasteiger partial charge in [-0.25, -0.2) is 0 Å². The summed E-state index contributed by atoms with van der Waals surface area (Å²) in [5.41, 5.74) is 4.56. The molecule has 0 aliphatic heterocycles. The molecule has 1 aromatic carbocycles. The van der Waals surface area contributed by atoms with E-state index in [1.807, 2.05) is 31.2 Å². The number of nitrogens with one attached hydrogen (secondary N) is 1. The minimum absolute atomic E-state index is 0.379. The number of benzene rings is 1. The fourth-order valence-corrected chi connectivity index (χ4v) is 2.34. The Morgan fingerprint density at radius 3 is 2.37 bits per heavy atom. The van der Waals surface area contributed by atoms with Crippen molar-refractivity contribution in [2.45, 2.75) is 40.3 Å². The van der Waals surface area contributed by atoms with Crippen LogP contribution in [0.5, 0.6) is 0 Å². The molecule has 2 rings (SSSR count). The quantitative estimate of drug-likeness (QED) is 0.901. The molecule has 19 heavy (non-hydrogen) atoms. The van der Waals surface area contributed by atoms with Gasteiger partial charge in [-0.1, -0.05) is 23.7 Å². The summed E-state index contributed by atoms with van der Waals surface area (Å²) in [6, 6.07) is 8.27. The number of aryl methyl sites for hydroxylation is 1. The second-order valence-corrected chi connectivity index (χ2v) is 5.50. The van der Waals surface area contributed by atoms with Crippen LogP contribution in [0.2, 0.25) is 5.02 Å². The Hall–Kier alpha value is -1.48. The molecule has 102 valence electrons. The molecule has 0 atom stereocenters. The molecule has 3 nitrogen and oxygen atoms in total. The van der Waals surface area contributed by atoms with E-state index < -0.39 is 0 Å². The zero-order valence-corrected chi connectivity index (χ0v) is 12.6. The zero-order valence-electron chi connectivity index (χ0n) is 11.9. The van der Waals surface area contributed by atoms with Crippen LogP contribution in [0.1, 0.15) is 36.8 Å². The maximum absolute atomic E-state index is 5.88. The summed E-state index contributed by atoms with van der Waals surface area (Å²) in [7, 11) is 0. The Kier molecular flexibility index (Phi) is 4.15. The van der Waals surface area contributed by atoms with Crippen LogP contribution in [0, 0.1) is 13.8 Å². The second-order valence-electron chi connectivity index (χ2n) is 5.06. The summed E-state index contributed by atoms with van der Waals surface area (Å²) in [5.74, 6) is 0. The third-order valence-corrected chi connectivity index (χ3v) is 3.45. The molecule has 4 heteroatoms. The van der Waals surface area contributed by atoms with E-state index in [-0.39, 0.29) is 0 Å². The van der Waals surface area contributed by atoms with Gasteiger partial charge in [-0.2, -0.15) is 5.10 Å². The second kappa shape index (κ2) is 5.66. The molecule has 0 amide bonds. The number of aromatic nitrogens is 2. The van der Waals surface area contributed by atoms with Crippen LogP contribution in [0.15, 0.2) is 24.3 Å². The van der Waals surface area contributed by atoms with E-state index >= 15 is 0 Å². The van der Waals surface area contributed by atoms with E-state index in [0.29, 0.717) is 6.04 Å². The Balaban J connectivity index is 2.13. The third-order valence-electron chi connectivity index (χ3n) is 3.20. The largest absolute Gasteiger partial charge is 0.378 e. The van der Waals surface area contributed by atoms with E-state index in [2.05, 4.69) is 35.9 Å². The average Bonchev–Trinajstić information content (AvgIpc) is 2.65. The first kappa shape index (κ1) is 13.9. The zero-order chi connectivity index (χ0) is 14.0. The molecule has 1 heterocycles. The van der Waals surface area contributed by atoms with Gasteiger partial charge in [-0.3, -0.25) is 4.68 Å². The molecule has 0 fully saturated rings. The lowest BCUT2D eigenvalue weighted by Crippen LogP contribution is -2.06. The first-order valence-corrected chi connectivity index (χ1v) is 6.91. The number of hydrogen-bond acceptors (Lipinski definition) is 2. The first-order valence-electron chi connectivity index (χ1n) is 6.53. The molecule has 0 saturated carbocycles. The van der Waals surface area contributed by atoms with E-state index in [1.165, 1.54) is 11.3 Å². The van der Waals surface area contributed by atoms with E-state index in [4.69, 9.17) is 11.6 Å². The molecule has 1 aromatic heterocycles. The number of halogens is 1. The van der Waals surface area contributed by atoms with Gasteiger partial charge in [0, 0.05) is 17.6 Å². The number of hydrogen-bond donors (Lipinski definition) is 1. The normalized spacial score (nSPS) is 11.1. The van der Waals surface area contributed by atoms with Gasteiger partial charge in [0.2, 0.25) is 0 Å². The molecule has 0 radical (unpaired) electrons. The molecule has 0 aliphatic rings. The monoisotopic (exact) mass is 277 g/mol. The third kappa shape index (κ3) is 3.10. The Labute approximate surface area is 119 Å². The van der Waals surface area contributed by atoms with E-state index in [1.54, 1.807) is 0 Å². The summed E-state index contributed by atoms with van der Waals surface area (Å²) in [5, 5.41) is 8.80. The molecule has 2 aromatic rings. The Morgan fingerprint density at radius 1 is 1.21 bits per heavy atom. The maximum atomic E-state index is 5.88. The highest BCUT2D eigenvalue weighted by Gasteiger charge is 2.12. The lowest BCUT2D eigenvalue weighted by Gasteiger charge is -2.10. The molecular formula is C15H20ClN3. The summed E-state index contributed by atoms with van der Waals surface area (Å²) in [6.07, 6.45) is 0. The van der Waals surface area contributed by atoms with Gasteiger partial charge in [-0.05, 0) is 45.4 Å². The predicted molar refractivity (Wildman–Crippen MR) is 80.9 cm³/mol. The minimum Gasteiger partial charge on any atom is -0.378 e. The molecule has 0 spiro atoms. The Morgan fingerprint density at radius 2 is 1.84 bits per heavy atom. The van der Waals surface area contributed by atoms with Crippen molar-refractivity contribution in [3.05, 3.63) is 46.2 Å². The molecule has 0 aliphatic carbocycles. The molecule has 1 N–H and O–H groups in total. The van der Waals surface area contributed by atoms with Crippen LogP contribution >= 0.6 is 11.6 Å². The molecule has 0 unspecified atom stereocenters. The fraction of sp³-hybridized carbons (Fsp3) is 0.400. The van der Waals surface area contributed by atoms with Gasteiger partial charge < -0.3 is 5.32 Å². The van der Waals surface area contributed by atoms with E-state index in [0.717, 1.165) is 22.9 Å². The summed E-state index contributed by atoms with van der Waals surface area (Å²) < 4.78 is 2.06. The summed E-state index contributed by atoms with van der Waals surface area (Å²) >= 11 is 5.88. The topological polar surface area (TPSA) is 29.9 Å². The van der Waals surface area contributed by atoms with Gasteiger partial charge in [-0.15, -0.1) is 0 Å². The van der Waals surface area contributed by atoms with Crippen molar-refractivity contribution in [1.82, 2.24) is 9.78 Å². The van der Waals surface area contributed by atoms with Crippen molar-refractivity contribution in [2.24, 2.45) is 0 Å². The van der Waals surface area contributed by atoms with Crippen LogP contribution in [0.25, 0.3) is 0 Å². The van der Waals surface area contributed by atoms with Crippen molar-refractivity contribution in [3.8, 4) is 0 Å². The van der Waals surface area contributed by atoms with E-state index in [9.17, 15) is 0 Å². The maximum Gasteiger partial charge on any atom is 0.0828 e. The number of anilines is 1. The number of nitrogens with zero attached hydrogens (tertiary/aromatic N) is 2. The predicted octanol–water partition coefficient (Wildman–Crippen LogP) is 4.35. The van der Waals surface area contributed by atoms with Gasteiger partial charge in [0.15, 0.2) is 0 Å². The highest BCUT2D eigenvalue weighted by molar-refractivity contribution is 6.30. The first-order chi connectivity index (χ1) is 8.99. The smallest absolute Gasteiger partial charge is 0.0828 e. The average molecular weight is 278 g/mol. The van der Waals surface area contributed by atoms with Crippen LogP contribution < -0.4 is 5.32 Å². The van der Waals surface area contributed by atoms with Gasteiger partial charge in [0.05, 0.1) is 17.1 Å². The van der Waals surface area contributed by atoms with Crippen molar-refractivity contribution < 1.29 is 0 Å². The molecular weight excluding hydrogens is 258 g/mol. The molecule has 0 bridgehead atoms. The van der Waals surface area contributed by atoms with Gasteiger partial charge in [0.25, 0.3) is 0 Å². The van der Waals surface area contributed by atoms with Crippen LogP contribution in [0.4, 0.5) is 5.69 Å². The summed E-state index contributed by atoms with van der Waals surface area (Å²) in [4.78, 5) is 0.